The summed E-state index contributed by atoms with van der Waals surface area (Å²) in [4.78, 5) is 23.7. The molecular formula is C16H25N3O4S2. The van der Waals surface area contributed by atoms with Crippen LogP contribution in [0.4, 0.5) is 5.13 Å². The van der Waals surface area contributed by atoms with E-state index in [4.69, 9.17) is 15.2 Å². The summed E-state index contributed by atoms with van der Waals surface area (Å²) in [5, 5.41) is 7.81. The Hall–Kier alpha value is -1.35. The van der Waals surface area contributed by atoms with E-state index in [0.717, 1.165) is 12.8 Å². The SMILES string of the molecule is CC(C)[C@@H]1CC[C@@H](C)C[C@H]1OC(=O)COC(=O)CSc1nnc(N)s1. The fourth-order valence-corrected chi connectivity index (χ4v) is 4.47. The molecular weight excluding hydrogens is 362 g/mol. The molecule has 1 aliphatic carbocycles. The maximum Gasteiger partial charge on any atom is 0.344 e. The molecule has 1 fully saturated rings. The van der Waals surface area contributed by atoms with Crippen molar-refractivity contribution in [1.82, 2.24) is 10.2 Å². The third-order valence-corrected chi connectivity index (χ3v) is 6.19. The lowest BCUT2D eigenvalue weighted by molar-refractivity contribution is -0.166. The Morgan fingerprint density at radius 2 is 2.08 bits per heavy atom. The number of nitrogens with two attached hydrogens (primary N) is 1. The Kier molecular flexibility index (Phi) is 7.49. The minimum Gasteiger partial charge on any atom is -0.460 e. The van der Waals surface area contributed by atoms with Gasteiger partial charge in [0.05, 0.1) is 5.75 Å². The Morgan fingerprint density at radius 3 is 2.72 bits per heavy atom. The van der Waals surface area contributed by atoms with Gasteiger partial charge in [0.25, 0.3) is 0 Å². The summed E-state index contributed by atoms with van der Waals surface area (Å²) in [6, 6.07) is 0. The van der Waals surface area contributed by atoms with Crippen LogP contribution in [-0.4, -0.2) is 40.6 Å². The van der Waals surface area contributed by atoms with Gasteiger partial charge in [-0.05, 0) is 30.6 Å². The third kappa shape index (κ3) is 6.47. The predicted molar refractivity (Wildman–Crippen MR) is 97.2 cm³/mol. The maximum atomic E-state index is 12.0. The van der Waals surface area contributed by atoms with Gasteiger partial charge in [-0.1, -0.05) is 50.3 Å². The van der Waals surface area contributed by atoms with E-state index in [2.05, 4.69) is 31.0 Å². The fraction of sp³-hybridized carbons (Fsp3) is 0.750. The summed E-state index contributed by atoms with van der Waals surface area (Å²) in [5.41, 5.74) is 5.47. The third-order valence-electron chi connectivity index (χ3n) is 4.33. The quantitative estimate of drug-likeness (QED) is 0.562. The Balaban J connectivity index is 1.72. The molecule has 1 saturated carbocycles. The van der Waals surface area contributed by atoms with Crippen LogP contribution in [0.3, 0.4) is 0 Å². The van der Waals surface area contributed by atoms with E-state index >= 15 is 0 Å². The molecule has 0 radical (unpaired) electrons. The molecule has 2 rings (SSSR count). The first-order chi connectivity index (χ1) is 11.8. The van der Waals surface area contributed by atoms with Gasteiger partial charge in [0.15, 0.2) is 10.9 Å². The molecule has 0 amide bonds. The zero-order valence-electron chi connectivity index (χ0n) is 14.8. The molecule has 0 bridgehead atoms. The first-order valence-electron chi connectivity index (χ1n) is 8.42. The van der Waals surface area contributed by atoms with Crippen LogP contribution in [0.5, 0.6) is 0 Å². The van der Waals surface area contributed by atoms with Crippen molar-refractivity contribution in [2.24, 2.45) is 17.8 Å². The molecule has 0 unspecified atom stereocenters. The molecule has 9 heteroatoms. The van der Waals surface area contributed by atoms with Crippen LogP contribution in [0.2, 0.25) is 0 Å². The van der Waals surface area contributed by atoms with Crippen molar-refractivity contribution in [1.29, 1.82) is 0 Å². The monoisotopic (exact) mass is 387 g/mol. The van der Waals surface area contributed by atoms with E-state index in [9.17, 15) is 9.59 Å². The number of aromatic nitrogens is 2. The van der Waals surface area contributed by atoms with Crippen molar-refractivity contribution in [3.8, 4) is 0 Å². The number of carbonyl (C=O) groups excluding carboxylic acids is 2. The number of carbonyl (C=O) groups is 2. The molecule has 1 heterocycles. The van der Waals surface area contributed by atoms with Crippen LogP contribution in [0.15, 0.2) is 4.34 Å². The van der Waals surface area contributed by atoms with Crippen molar-refractivity contribution in [3.63, 3.8) is 0 Å². The average Bonchev–Trinajstić information content (AvgIpc) is 2.96. The smallest absolute Gasteiger partial charge is 0.344 e. The second kappa shape index (κ2) is 9.38. The lowest BCUT2D eigenvalue weighted by atomic mass is 9.75. The molecule has 7 nitrogen and oxygen atoms in total. The van der Waals surface area contributed by atoms with Crippen LogP contribution >= 0.6 is 23.1 Å². The topological polar surface area (TPSA) is 104 Å². The Bertz CT molecular complexity index is 594. The van der Waals surface area contributed by atoms with Gasteiger partial charge < -0.3 is 15.2 Å². The van der Waals surface area contributed by atoms with E-state index in [-0.39, 0.29) is 18.5 Å². The molecule has 0 aliphatic heterocycles. The molecule has 25 heavy (non-hydrogen) atoms. The summed E-state index contributed by atoms with van der Waals surface area (Å²) in [6.45, 7) is 6.13. The molecule has 2 N–H and O–H groups in total. The number of nitrogens with zero attached hydrogens (tertiary/aromatic N) is 2. The van der Waals surface area contributed by atoms with E-state index in [1.165, 1.54) is 29.5 Å². The van der Waals surface area contributed by atoms with Crippen molar-refractivity contribution in [2.45, 2.75) is 50.5 Å². The van der Waals surface area contributed by atoms with Gasteiger partial charge in [-0.3, -0.25) is 4.79 Å². The summed E-state index contributed by atoms with van der Waals surface area (Å²) in [6.07, 6.45) is 3.02. The van der Waals surface area contributed by atoms with Gasteiger partial charge in [-0.25, -0.2) is 4.79 Å². The van der Waals surface area contributed by atoms with Crippen molar-refractivity contribution < 1.29 is 19.1 Å². The number of rotatable bonds is 7. The predicted octanol–water partition coefficient (Wildman–Crippen LogP) is 2.76. The zero-order chi connectivity index (χ0) is 18.4. The van der Waals surface area contributed by atoms with E-state index < -0.39 is 11.9 Å². The second-order valence-electron chi connectivity index (χ2n) is 6.71. The maximum absolute atomic E-state index is 12.0. The lowest BCUT2D eigenvalue weighted by Gasteiger charge is -2.36. The van der Waals surface area contributed by atoms with Crippen LogP contribution in [0.1, 0.15) is 40.0 Å². The van der Waals surface area contributed by atoms with Gasteiger partial charge in [-0.2, -0.15) is 0 Å². The number of hydrogen-bond donors (Lipinski definition) is 1. The van der Waals surface area contributed by atoms with Crippen molar-refractivity contribution in [3.05, 3.63) is 0 Å². The minimum atomic E-state index is -0.492. The molecule has 1 aromatic heterocycles. The van der Waals surface area contributed by atoms with Gasteiger partial charge in [0, 0.05) is 0 Å². The summed E-state index contributed by atoms with van der Waals surface area (Å²) in [7, 11) is 0. The zero-order valence-corrected chi connectivity index (χ0v) is 16.4. The first-order valence-corrected chi connectivity index (χ1v) is 10.2. The summed E-state index contributed by atoms with van der Waals surface area (Å²) < 4.78 is 11.2. The number of nitrogen functional groups attached to an aromatic ring is 1. The normalized spacial score (nSPS) is 23.4. The van der Waals surface area contributed by atoms with Gasteiger partial charge in [0.1, 0.15) is 6.10 Å². The highest BCUT2D eigenvalue weighted by molar-refractivity contribution is 8.01. The molecule has 0 spiro atoms. The van der Waals surface area contributed by atoms with Crippen molar-refractivity contribution >= 4 is 40.2 Å². The standard InChI is InChI=1S/C16H25N3O4S2/c1-9(2)11-5-4-10(3)6-12(11)23-13(20)7-22-14(21)8-24-16-19-18-15(17)25-16/h9-12H,4-8H2,1-3H3,(H2,17,18)/t10-,11+,12-/m1/s1. The summed E-state index contributed by atoms with van der Waals surface area (Å²) >= 11 is 2.38. The molecule has 140 valence electrons. The van der Waals surface area contributed by atoms with Gasteiger partial charge >= 0.3 is 11.9 Å². The van der Waals surface area contributed by atoms with E-state index in [0.29, 0.717) is 27.2 Å². The molecule has 3 atom stereocenters. The Morgan fingerprint density at radius 1 is 1.32 bits per heavy atom. The molecule has 0 saturated heterocycles. The van der Waals surface area contributed by atoms with E-state index in [1.807, 2.05) is 0 Å². The highest BCUT2D eigenvalue weighted by Gasteiger charge is 2.33. The molecule has 0 aromatic carbocycles. The van der Waals surface area contributed by atoms with Crippen LogP contribution in [-0.2, 0) is 19.1 Å². The van der Waals surface area contributed by atoms with Crippen LogP contribution in [0, 0.1) is 17.8 Å². The minimum absolute atomic E-state index is 0.0526. The number of thioether (sulfide) groups is 1. The van der Waals surface area contributed by atoms with Gasteiger partial charge in [-0.15, -0.1) is 10.2 Å². The average molecular weight is 388 g/mol. The van der Waals surface area contributed by atoms with Gasteiger partial charge in [0.2, 0.25) is 5.13 Å². The highest BCUT2D eigenvalue weighted by atomic mass is 32.2. The first kappa shape index (κ1) is 20.0. The lowest BCUT2D eigenvalue weighted by Crippen LogP contribution is -2.36. The fourth-order valence-electron chi connectivity index (χ4n) is 3.03. The van der Waals surface area contributed by atoms with E-state index in [1.54, 1.807) is 0 Å². The van der Waals surface area contributed by atoms with Crippen LogP contribution in [0.25, 0.3) is 0 Å². The van der Waals surface area contributed by atoms with Crippen molar-refractivity contribution in [2.75, 3.05) is 18.1 Å². The number of hydrogen-bond acceptors (Lipinski definition) is 9. The Labute approximate surface area is 156 Å². The number of ether oxygens (including phenoxy) is 2. The molecule has 1 aliphatic rings. The number of esters is 2. The highest BCUT2D eigenvalue weighted by Crippen LogP contribution is 2.35. The largest absolute Gasteiger partial charge is 0.460 e. The summed E-state index contributed by atoms with van der Waals surface area (Å²) in [5.74, 6) is 0.456. The van der Waals surface area contributed by atoms with Crippen LogP contribution < -0.4 is 5.73 Å². The number of anilines is 1. The molecule has 1 aromatic rings. The second-order valence-corrected chi connectivity index (χ2v) is 8.94.